The molecular formula is C9H13NOS. The fraction of sp³-hybridized carbons (Fsp3) is 0.444. The normalized spacial score (nSPS) is 10.2. The molecule has 1 heterocycles. The molecule has 0 aliphatic rings. The van der Waals surface area contributed by atoms with E-state index in [9.17, 15) is 4.79 Å². The van der Waals surface area contributed by atoms with Crippen LogP contribution in [0.15, 0.2) is 11.4 Å². The molecule has 0 fully saturated rings. The van der Waals surface area contributed by atoms with Crippen molar-refractivity contribution in [2.24, 2.45) is 0 Å². The van der Waals surface area contributed by atoms with Crippen molar-refractivity contribution in [1.29, 1.82) is 0 Å². The van der Waals surface area contributed by atoms with Crippen LogP contribution in [0.2, 0.25) is 0 Å². The van der Waals surface area contributed by atoms with Crippen molar-refractivity contribution in [3.63, 3.8) is 0 Å². The Balaban J connectivity index is 2.53. The van der Waals surface area contributed by atoms with Crippen molar-refractivity contribution in [3.05, 3.63) is 21.9 Å². The van der Waals surface area contributed by atoms with E-state index in [1.807, 2.05) is 25.3 Å². The molecule has 0 spiro atoms. The molecule has 1 N–H and O–H groups in total. The SMILES string of the molecule is CCNCC(=O)c1csc(C)c1. The van der Waals surface area contributed by atoms with E-state index in [1.54, 1.807) is 11.3 Å². The summed E-state index contributed by atoms with van der Waals surface area (Å²) >= 11 is 1.62. The number of carbonyl (C=O) groups excluding carboxylic acids is 1. The van der Waals surface area contributed by atoms with Gasteiger partial charge in [0.25, 0.3) is 0 Å². The maximum absolute atomic E-state index is 11.4. The molecule has 0 atom stereocenters. The van der Waals surface area contributed by atoms with Gasteiger partial charge in [-0.25, -0.2) is 0 Å². The van der Waals surface area contributed by atoms with Crippen LogP contribution in [0.4, 0.5) is 0 Å². The fourth-order valence-corrected chi connectivity index (χ4v) is 1.64. The molecular weight excluding hydrogens is 170 g/mol. The summed E-state index contributed by atoms with van der Waals surface area (Å²) < 4.78 is 0. The van der Waals surface area contributed by atoms with Gasteiger partial charge in [0.05, 0.1) is 6.54 Å². The van der Waals surface area contributed by atoms with Crippen molar-refractivity contribution < 1.29 is 4.79 Å². The summed E-state index contributed by atoms with van der Waals surface area (Å²) in [5.74, 6) is 0.182. The van der Waals surface area contributed by atoms with Gasteiger partial charge >= 0.3 is 0 Å². The highest BCUT2D eigenvalue weighted by molar-refractivity contribution is 7.10. The summed E-state index contributed by atoms with van der Waals surface area (Å²) in [6.07, 6.45) is 0. The zero-order chi connectivity index (χ0) is 8.97. The Kier molecular flexibility index (Phi) is 3.44. The molecule has 0 aliphatic carbocycles. The highest BCUT2D eigenvalue weighted by atomic mass is 32.1. The van der Waals surface area contributed by atoms with Crippen LogP contribution in [0.1, 0.15) is 22.2 Å². The van der Waals surface area contributed by atoms with Gasteiger partial charge in [0.15, 0.2) is 5.78 Å². The van der Waals surface area contributed by atoms with Crippen LogP contribution in [0, 0.1) is 6.92 Å². The van der Waals surface area contributed by atoms with Crippen molar-refractivity contribution in [1.82, 2.24) is 5.32 Å². The van der Waals surface area contributed by atoms with Gasteiger partial charge in [0.1, 0.15) is 0 Å². The smallest absolute Gasteiger partial charge is 0.177 e. The van der Waals surface area contributed by atoms with Gasteiger partial charge in [0.2, 0.25) is 0 Å². The van der Waals surface area contributed by atoms with Crippen molar-refractivity contribution in [2.45, 2.75) is 13.8 Å². The van der Waals surface area contributed by atoms with E-state index >= 15 is 0 Å². The van der Waals surface area contributed by atoms with E-state index in [-0.39, 0.29) is 5.78 Å². The second kappa shape index (κ2) is 4.38. The van der Waals surface area contributed by atoms with E-state index in [1.165, 1.54) is 4.88 Å². The van der Waals surface area contributed by atoms with Crippen LogP contribution in [0.25, 0.3) is 0 Å². The first-order valence-electron chi connectivity index (χ1n) is 4.03. The number of nitrogens with one attached hydrogen (secondary N) is 1. The lowest BCUT2D eigenvalue weighted by molar-refractivity contribution is 0.0992. The molecule has 1 rings (SSSR count). The Morgan fingerprint density at radius 1 is 1.67 bits per heavy atom. The number of Topliss-reactive ketones (excluding diaryl/α,β-unsaturated/α-hetero) is 1. The lowest BCUT2D eigenvalue weighted by Crippen LogP contribution is -2.22. The van der Waals surface area contributed by atoms with Crippen LogP contribution in [0.3, 0.4) is 0 Å². The molecule has 1 aromatic heterocycles. The average Bonchev–Trinajstić information content (AvgIpc) is 2.47. The van der Waals surface area contributed by atoms with Crippen LogP contribution in [0.5, 0.6) is 0 Å². The van der Waals surface area contributed by atoms with Crippen LogP contribution < -0.4 is 5.32 Å². The third-order valence-corrected chi connectivity index (χ3v) is 2.45. The molecule has 12 heavy (non-hydrogen) atoms. The molecule has 1 aromatic rings. The summed E-state index contributed by atoms with van der Waals surface area (Å²) in [7, 11) is 0. The maximum atomic E-state index is 11.4. The predicted molar refractivity (Wildman–Crippen MR) is 51.9 cm³/mol. The molecule has 0 saturated heterocycles. The zero-order valence-electron chi connectivity index (χ0n) is 7.39. The van der Waals surface area contributed by atoms with Crippen molar-refractivity contribution in [3.8, 4) is 0 Å². The molecule has 66 valence electrons. The van der Waals surface area contributed by atoms with Gasteiger partial charge in [0, 0.05) is 15.8 Å². The molecule has 0 amide bonds. The molecule has 0 radical (unpaired) electrons. The third-order valence-electron chi connectivity index (χ3n) is 1.59. The topological polar surface area (TPSA) is 29.1 Å². The number of carbonyl (C=O) groups is 1. The van der Waals surface area contributed by atoms with Crippen LogP contribution >= 0.6 is 11.3 Å². The summed E-state index contributed by atoms with van der Waals surface area (Å²) in [5, 5.41) is 4.92. The van der Waals surface area contributed by atoms with E-state index in [0.717, 1.165) is 12.1 Å². The van der Waals surface area contributed by atoms with Gasteiger partial charge in [-0.2, -0.15) is 0 Å². The van der Waals surface area contributed by atoms with E-state index < -0.39 is 0 Å². The summed E-state index contributed by atoms with van der Waals surface area (Å²) in [6.45, 7) is 5.29. The first kappa shape index (κ1) is 9.42. The lowest BCUT2D eigenvalue weighted by Gasteiger charge is -1.97. The predicted octanol–water partition coefficient (Wildman–Crippen LogP) is 1.85. The summed E-state index contributed by atoms with van der Waals surface area (Å²) in [6, 6.07) is 1.93. The molecule has 0 bridgehead atoms. The minimum absolute atomic E-state index is 0.182. The van der Waals surface area contributed by atoms with E-state index in [0.29, 0.717) is 6.54 Å². The van der Waals surface area contributed by atoms with E-state index in [4.69, 9.17) is 0 Å². The Labute approximate surface area is 76.6 Å². The van der Waals surface area contributed by atoms with Gasteiger partial charge in [-0.3, -0.25) is 4.79 Å². The molecule has 0 saturated carbocycles. The van der Waals surface area contributed by atoms with Crippen LogP contribution in [-0.2, 0) is 0 Å². The Morgan fingerprint density at radius 2 is 2.42 bits per heavy atom. The zero-order valence-corrected chi connectivity index (χ0v) is 8.20. The van der Waals surface area contributed by atoms with Gasteiger partial charge in [-0.15, -0.1) is 11.3 Å². The highest BCUT2D eigenvalue weighted by Crippen LogP contribution is 2.12. The Hall–Kier alpha value is -0.670. The number of likely N-dealkylation sites (N-methyl/N-ethyl adjacent to an activating group) is 1. The quantitative estimate of drug-likeness (QED) is 0.722. The second-order valence-corrected chi connectivity index (χ2v) is 3.76. The summed E-state index contributed by atoms with van der Waals surface area (Å²) in [5.41, 5.74) is 0.832. The Bertz CT molecular complexity index is 267. The van der Waals surface area contributed by atoms with E-state index in [2.05, 4.69) is 5.32 Å². The van der Waals surface area contributed by atoms with Crippen LogP contribution in [-0.4, -0.2) is 18.9 Å². The number of aryl methyl sites for hydroxylation is 1. The molecule has 2 nitrogen and oxygen atoms in total. The molecule has 0 aromatic carbocycles. The number of hydrogen-bond donors (Lipinski definition) is 1. The molecule has 0 unspecified atom stereocenters. The van der Waals surface area contributed by atoms with Gasteiger partial charge < -0.3 is 5.32 Å². The minimum atomic E-state index is 0.182. The molecule has 0 aliphatic heterocycles. The molecule has 3 heteroatoms. The highest BCUT2D eigenvalue weighted by Gasteiger charge is 2.05. The number of thiophene rings is 1. The number of rotatable bonds is 4. The first-order valence-corrected chi connectivity index (χ1v) is 4.91. The second-order valence-electron chi connectivity index (χ2n) is 2.65. The lowest BCUT2D eigenvalue weighted by atomic mass is 10.2. The largest absolute Gasteiger partial charge is 0.310 e. The number of hydrogen-bond acceptors (Lipinski definition) is 3. The fourth-order valence-electron chi connectivity index (χ4n) is 0.930. The minimum Gasteiger partial charge on any atom is -0.310 e. The third kappa shape index (κ3) is 2.43. The average molecular weight is 183 g/mol. The van der Waals surface area contributed by atoms with Gasteiger partial charge in [-0.05, 0) is 19.5 Å². The monoisotopic (exact) mass is 183 g/mol. The maximum Gasteiger partial charge on any atom is 0.177 e. The standard InChI is InChI=1S/C9H13NOS/c1-3-10-5-9(11)8-4-7(2)12-6-8/h4,6,10H,3,5H2,1-2H3. The van der Waals surface area contributed by atoms with Gasteiger partial charge in [-0.1, -0.05) is 6.92 Å². The summed E-state index contributed by atoms with van der Waals surface area (Å²) in [4.78, 5) is 12.6. The van der Waals surface area contributed by atoms with Crippen molar-refractivity contribution in [2.75, 3.05) is 13.1 Å². The first-order chi connectivity index (χ1) is 5.74. The number of ketones is 1. The van der Waals surface area contributed by atoms with Crippen molar-refractivity contribution >= 4 is 17.1 Å². The Morgan fingerprint density at radius 3 is 2.92 bits per heavy atom.